The Morgan fingerprint density at radius 3 is 2.50 bits per heavy atom. The number of methoxy groups -OCH3 is 1. The maximum atomic E-state index is 12.9. The van der Waals surface area contributed by atoms with Gasteiger partial charge >= 0.3 is 0 Å². The minimum absolute atomic E-state index is 0.181. The van der Waals surface area contributed by atoms with Gasteiger partial charge in [-0.25, -0.2) is 0 Å². The second-order valence-corrected chi connectivity index (χ2v) is 11.2. The molecule has 0 spiro atoms. The molecule has 3 aromatic rings. The Morgan fingerprint density at radius 2 is 1.76 bits per heavy atom. The molecule has 0 radical (unpaired) electrons. The molecule has 1 fully saturated rings. The normalized spacial score (nSPS) is 14.2. The number of thioether (sulfide) groups is 1. The van der Waals surface area contributed by atoms with Crippen molar-refractivity contribution >= 4 is 72.4 Å². The van der Waals surface area contributed by atoms with E-state index in [1.165, 1.54) is 12.0 Å². The second-order valence-electron chi connectivity index (χ2n) is 8.45. The number of amides is 3. The highest BCUT2D eigenvalue weighted by atomic mass is 79.9. The van der Waals surface area contributed by atoms with Gasteiger partial charge in [-0.15, -0.1) is 0 Å². The summed E-state index contributed by atoms with van der Waals surface area (Å²) in [7, 11) is 1.49. The minimum atomic E-state index is -0.356. The van der Waals surface area contributed by atoms with Gasteiger partial charge in [-0.2, -0.15) is 0 Å². The summed E-state index contributed by atoms with van der Waals surface area (Å²) in [6.45, 7) is 3.88. The molecular weight excluding hydrogens is 636 g/mol. The van der Waals surface area contributed by atoms with Crippen molar-refractivity contribution < 1.29 is 23.9 Å². The summed E-state index contributed by atoms with van der Waals surface area (Å²) in [5.74, 6) is 0.116. The molecule has 4 rings (SSSR count). The number of benzene rings is 3. The Balaban J connectivity index is 1.43. The average molecular weight is 660 g/mol. The quantitative estimate of drug-likeness (QED) is 0.260. The topological polar surface area (TPSA) is 84.9 Å². The Labute approximate surface area is 241 Å². The lowest BCUT2D eigenvalue weighted by molar-refractivity contribution is -0.123. The molecule has 0 bridgehead atoms. The maximum Gasteiger partial charge on any atom is 0.293 e. The number of nitrogens with zero attached hydrogens (tertiary/aromatic N) is 1. The van der Waals surface area contributed by atoms with Gasteiger partial charge in [0, 0.05) is 14.6 Å². The molecule has 0 atom stereocenters. The number of imide groups is 1. The molecule has 0 aliphatic carbocycles. The van der Waals surface area contributed by atoms with Gasteiger partial charge in [0.05, 0.1) is 18.6 Å². The zero-order chi connectivity index (χ0) is 27.4. The van der Waals surface area contributed by atoms with Gasteiger partial charge in [0.1, 0.15) is 0 Å². The number of anilines is 1. The van der Waals surface area contributed by atoms with Crippen LogP contribution in [-0.2, 0) is 16.1 Å². The van der Waals surface area contributed by atoms with Crippen LogP contribution in [0.4, 0.5) is 10.5 Å². The lowest BCUT2D eigenvalue weighted by Crippen LogP contribution is -2.27. The molecule has 7 nitrogen and oxygen atoms in total. The summed E-state index contributed by atoms with van der Waals surface area (Å²) in [4.78, 5) is 39.5. The highest BCUT2D eigenvalue weighted by Gasteiger charge is 2.35. The molecular formula is C28H24Br2N2O5S. The molecule has 1 aliphatic rings. The molecule has 3 aromatic carbocycles. The number of nitrogens with one attached hydrogen (secondary N) is 1. The minimum Gasteiger partial charge on any atom is -0.493 e. The standard InChI is InChI=1S/C28H24Br2N2O5S/c1-16-17(2)22(10-9-20(16)29)31-26(33)15-37-23-11-8-18(12-24(23)36-3)13-25-27(34)32(28(35)38-25)14-19-6-4-5-7-21(19)30/h4-13H,14-15H2,1-3H3,(H,31,33)/b25-13-. The SMILES string of the molecule is COc1cc(/C=C2\SC(=O)N(Cc3ccccc3Br)C2=O)ccc1OCC(=O)Nc1ccc(Br)c(C)c1C. The van der Waals surface area contributed by atoms with E-state index in [1.54, 1.807) is 24.3 Å². The van der Waals surface area contributed by atoms with Crippen LogP contribution in [-0.4, -0.2) is 35.7 Å². The molecule has 0 aromatic heterocycles. The van der Waals surface area contributed by atoms with Crippen LogP contribution in [0.1, 0.15) is 22.3 Å². The lowest BCUT2D eigenvalue weighted by atomic mass is 10.1. The Bertz CT molecular complexity index is 1460. The number of hydrogen-bond donors (Lipinski definition) is 1. The van der Waals surface area contributed by atoms with Crippen molar-refractivity contribution in [3.63, 3.8) is 0 Å². The van der Waals surface area contributed by atoms with Crippen molar-refractivity contribution in [2.45, 2.75) is 20.4 Å². The van der Waals surface area contributed by atoms with Gasteiger partial charge in [-0.05, 0) is 84.3 Å². The third kappa shape index (κ3) is 6.31. The van der Waals surface area contributed by atoms with Crippen LogP contribution in [0.2, 0.25) is 0 Å². The van der Waals surface area contributed by atoms with Gasteiger partial charge in [-0.1, -0.05) is 56.1 Å². The van der Waals surface area contributed by atoms with E-state index in [-0.39, 0.29) is 30.2 Å². The smallest absolute Gasteiger partial charge is 0.293 e. The van der Waals surface area contributed by atoms with E-state index >= 15 is 0 Å². The van der Waals surface area contributed by atoms with E-state index in [2.05, 4.69) is 37.2 Å². The van der Waals surface area contributed by atoms with Gasteiger partial charge < -0.3 is 14.8 Å². The highest BCUT2D eigenvalue weighted by Crippen LogP contribution is 2.36. The molecule has 0 unspecified atom stereocenters. The van der Waals surface area contributed by atoms with E-state index in [1.807, 2.05) is 50.2 Å². The zero-order valence-corrected chi connectivity index (χ0v) is 24.8. The van der Waals surface area contributed by atoms with Gasteiger partial charge in [0.2, 0.25) is 0 Å². The fourth-order valence-corrected chi connectivity index (χ4v) is 5.41. The van der Waals surface area contributed by atoms with Gasteiger partial charge in [-0.3, -0.25) is 19.3 Å². The summed E-state index contributed by atoms with van der Waals surface area (Å²) in [5.41, 5.74) is 4.23. The number of carbonyl (C=O) groups excluding carboxylic acids is 3. The monoisotopic (exact) mass is 658 g/mol. The van der Waals surface area contributed by atoms with Crippen molar-refractivity contribution in [2.75, 3.05) is 19.0 Å². The molecule has 10 heteroatoms. The van der Waals surface area contributed by atoms with E-state index in [0.717, 1.165) is 43.1 Å². The fraction of sp³-hybridized carbons (Fsp3) is 0.179. The number of rotatable bonds is 8. The highest BCUT2D eigenvalue weighted by molar-refractivity contribution is 9.10. The second kappa shape index (κ2) is 12.2. The first kappa shape index (κ1) is 27.9. The fourth-order valence-electron chi connectivity index (χ4n) is 3.73. The summed E-state index contributed by atoms with van der Waals surface area (Å²) < 4.78 is 13.0. The van der Waals surface area contributed by atoms with Crippen LogP contribution >= 0.6 is 43.6 Å². The Kier molecular flexibility index (Phi) is 8.96. The van der Waals surface area contributed by atoms with Crippen LogP contribution in [0.25, 0.3) is 6.08 Å². The van der Waals surface area contributed by atoms with Crippen LogP contribution in [0.5, 0.6) is 11.5 Å². The summed E-state index contributed by atoms with van der Waals surface area (Å²) in [5, 5.41) is 2.54. The van der Waals surface area contributed by atoms with Gasteiger partial charge in [0.25, 0.3) is 17.1 Å². The number of halogens is 2. The predicted octanol–water partition coefficient (Wildman–Crippen LogP) is 7.09. The Morgan fingerprint density at radius 1 is 1.00 bits per heavy atom. The summed E-state index contributed by atoms with van der Waals surface area (Å²) in [6.07, 6.45) is 1.64. The molecule has 1 saturated heterocycles. The van der Waals surface area contributed by atoms with Crippen molar-refractivity contribution in [3.05, 3.63) is 90.7 Å². The molecule has 1 aliphatic heterocycles. The van der Waals surface area contributed by atoms with Crippen LogP contribution in [0.3, 0.4) is 0 Å². The lowest BCUT2D eigenvalue weighted by Gasteiger charge is -2.14. The Hall–Kier alpha value is -3.08. The first-order chi connectivity index (χ1) is 18.2. The predicted molar refractivity (Wildman–Crippen MR) is 156 cm³/mol. The molecule has 1 heterocycles. The van der Waals surface area contributed by atoms with E-state index in [0.29, 0.717) is 22.0 Å². The van der Waals surface area contributed by atoms with Crippen molar-refractivity contribution in [1.29, 1.82) is 0 Å². The van der Waals surface area contributed by atoms with Crippen LogP contribution in [0, 0.1) is 13.8 Å². The summed E-state index contributed by atoms with van der Waals surface area (Å²) in [6, 6.07) is 16.3. The largest absolute Gasteiger partial charge is 0.493 e. The molecule has 38 heavy (non-hydrogen) atoms. The number of hydrogen-bond acceptors (Lipinski definition) is 6. The third-order valence-corrected chi connectivity index (χ3v) is 8.54. The van der Waals surface area contributed by atoms with Crippen molar-refractivity contribution in [1.82, 2.24) is 4.90 Å². The van der Waals surface area contributed by atoms with E-state index in [4.69, 9.17) is 9.47 Å². The van der Waals surface area contributed by atoms with Crippen molar-refractivity contribution in [3.8, 4) is 11.5 Å². The third-order valence-electron chi connectivity index (χ3n) is 6.00. The molecule has 3 amide bonds. The number of carbonyl (C=O) groups is 3. The molecule has 1 N–H and O–H groups in total. The molecule has 196 valence electrons. The van der Waals surface area contributed by atoms with Gasteiger partial charge in [0.15, 0.2) is 18.1 Å². The van der Waals surface area contributed by atoms with E-state index in [9.17, 15) is 14.4 Å². The van der Waals surface area contributed by atoms with E-state index < -0.39 is 0 Å². The van der Waals surface area contributed by atoms with Crippen molar-refractivity contribution in [2.24, 2.45) is 0 Å². The summed E-state index contributed by atoms with van der Waals surface area (Å²) >= 11 is 7.84. The maximum absolute atomic E-state index is 12.9. The molecule has 0 saturated carbocycles. The first-order valence-electron chi connectivity index (χ1n) is 11.5. The first-order valence-corrected chi connectivity index (χ1v) is 13.9. The average Bonchev–Trinajstić information content (AvgIpc) is 3.16. The van der Waals surface area contributed by atoms with Crippen LogP contribution < -0.4 is 14.8 Å². The number of ether oxygens (including phenoxy) is 2. The zero-order valence-electron chi connectivity index (χ0n) is 20.8. The van der Waals surface area contributed by atoms with Crippen LogP contribution in [0.15, 0.2) is 68.4 Å².